The predicted octanol–water partition coefficient (Wildman–Crippen LogP) is 3.22. The van der Waals surface area contributed by atoms with Crippen molar-refractivity contribution in [2.24, 2.45) is 0 Å². The highest BCUT2D eigenvalue weighted by atomic mass is 32.2. The van der Waals surface area contributed by atoms with Gasteiger partial charge >= 0.3 is 0 Å². The Hall–Kier alpha value is -2.54. The third-order valence-corrected chi connectivity index (χ3v) is 6.57. The Morgan fingerprint density at radius 2 is 1.72 bits per heavy atom. The Morgan fingerprint density at radius 3 is 2.38 bits per heavy atom. The zero-order valence-corrected chi connectivity index (χ0v) is 18.1. The first-order valence-corrected chi connectivity index (χ1v) is 11.6. The number of hydrogen-bond donors (Lipinski definition) is 1. The monoisotopic (exact) mass is 416 g/mol. The van der Waals surface area contributed by atoms with Gasteiger partial charge in [-0.15, -0.1) is 0 Å². The van der Waals surface area contributed by atoms with Crippen molar-refractivity contribution in [2.45, 2.75) is 45.3 Å². The van der Waals surface area contributed by atoms with Crippen molar-refractivity contribution in [3.8, 4) is 5.75 Å². The van der Waals surface area contributed by atoms with Crippen LogP contribution in [-0.2, 0) is 27.7 Å². The van der Waals surface area contributed by atoms with Gasteiger partial charge in [0.05, 0.1) is 18.0 Å². The molecule has 1 N–H and O–H groups in total. The summed E-state index contributed by atoms with van der Waals surface area (Å²) in [6.07, 6.45) is 3.91. The lowest BCUT2D eigenvalue weighted by atomic mass is 10.0. The quantitative estimate of drug-likeness (QED) is 0.752. The summed E-state index contributed by atoms with van der Waals surface area (Å²) in [5, 5.41) is 3.01. The van der Waals surface area contributed by atoms with Crippen LogP contribution in [0.3, 0.4) is 0 Å². The molecule has 0 spiro atoms. The molecule has 1 amide bonds. The topological polar surface area (TPSA) is 75.7 Å². The van der Waals surface area contributed by atoms with Crippen molar-refractivity contribution >= 4 is 21.6 Å². The maximum absolute atomic E-state index is 12.5. The molecule has 2 aromatic carbocycles. The maximum Gasteiger partial charge on any atom is 0.261 e. The smallest absolute Gasteiger partial charge is 0.261 e. The first-order chi connectivity index (χ1) is 13.6. The molecule has 29 heavy (non-hydrogen) atoms. The number of nitrogens with zero attached hydrogens (tertiary/aromatic N) is 1. The van der Waals surface area contributed by atoms with E-state index in [0.29, 0.717) is 11.4 Å². The molecule has 1 aliphatic rings. The summed E-state index contributed by atoms with van der Waals surface area (Å²) in [7, 11) is -1.83. The van der Waals surface area contributed by atoms with E-state index in [9.17, 15) is 13.2 Å². The van der Waals surface area contributed by atoms with Crippen molar-refractivity contribution < 1.29 is 17.9 Å². The zero-order chi connectivity index (χ0) is 21.2. The fourth-order valence-corrected chi connectivity index (χ4v) is 3.96. The van der Waals surface area contributed by atoms with Crippen molar-refractivity contribution in [2.75, 3.05) is 17.6 Å². The van der Waals surface area contributed by atoms with Crippen molar-refractivity contribution in [1.82, 2.24) is 5.32 Å². The molecule has 0 unspecified atom stereocenters. The zero-order valence-electron chi connectivity index (χ0n) is 17.3. The molecule has 0 aromatic heterocycles. The number of sulfonamides is 1. The van der Waals surface area contributed by atoms with Gasteiger partial charge in [-0.3, -0.25) is 9.10 Å². The summed E-state index contributed by atoms with van der Waals surface area (Å²) in [6, 6.07) is 12.9. The molecule has 2 aromatic rings. The van der Waals surface area contributed by atoms with E-state index in [1.54, 1.807) is 31.2 Å². The van der Waals surface area contributed by atoms with Crippen LogP contribution in [-0.4, -0.2) is 33.7 Å². The Bertz CT molecular complexity index is 986. The SMILES string of the molecule is C[C@H](Oc1ccc(N(C)S(C)(=O)=O)cc1)C(=O)N[C@@H](C)c1ccc2c(c1)CCC2. The van der Waals surface area contributed by atoms with Crippen LogP contribution in [0.2, 0.25) is 0 Å². The van der Waals surface area contributed by atoms with E-state index in [1.807, 2.05) is 6.92 Å². The van der Waals surface area contributed by atoms with E-state index in [0.717, 1.165) is 24.7 Å². The molecule has 1 aliphatic carbocycles. The number of benzene rings is 2. The van der Waals surface area contributed by atoms with Gasteiger partial charge < -0.3 is 10.1 Å². The highest BCUT2D eigenvalue weighted by Gasteiger charge is 2.20. The summed E-state index contributed by atoms with van der Waals surface area (Å²) < 4.78 is 30.1. The van der Waals surface area contributed by atoms with Gasteiger partial charge in [-0.25, -0.2) is 8.42 Å². The Labute approximate surface area is 172 Å². The van der Waals surface area contributed by atoms with Crippen LogP contribution in [0.1, 0.15) is 43.0 Å². The molecular weight excluding hydrogens is 388 g/mol. The second kappa shape index (κ2) is 8.45. The Balaban J connectivity index is 1.59. The second-order valence-electron chi connectivity index (χ2n) is 7.60. The Kier molecular flexibility index (Phi) is 6.17. The summed E-state index contributed by atoms with van der Waals surface area (Å²) in [6.45, 7) is 3.67. The van der Waals surface area contributed by atoms with E-state index in [2.05, 4.69) is 23.5 Å². The largest absolute Gasteiger partial charge is 0.481 e. The summed E-state index contributed by atoms with van der Waals surface area (Å²) in [5.41, 5.74) is 4.42. The molecule has 0 aliphatic heterocycles. The van der Waals surface area contributed by atoms with Gasteiger partial charge in [0, 0.05) is 7.05 Å². The number of nitrogens with one attached hydrogen (secondary N) is 1. The molecule has 0 radical (unpaired) electrons. The standard InChI is InChI=1S/C22H28N2O4S/c1-15(18-9-8-17-6-5-7-19(17)14-18)23-22(25)16(2)28-21-12-10-20(11-13-21)24(3)29(4,26)27/h8-16H,5-7H2,1-4H3,(H,23,25)/t15-,16-/m0/s1. The fourth-order valence-electron chi connectivity index (χ4n) is 3.46. The molecule has 7 heteroatoms. The van der Waals surface area contributed by atoms with Crippen LogP contribution in [0.4, 0.5) is 5.69 Å². The third-order valence-electron chi connectivity index (χ3n) is 5.36. The van der Waals surface area contributed by atoms with Crippen LogP contribution in [0.15, 0.2) is 42.5 Å². The lowest BCUT2D eigenvalue weighted by Gasteiger charge is -2.20. The third kappa shape index (κ3) is 5.09. The molecule has 6 nitrogen and oxygen atoms in total. The van der Waals surface area contributed by atoms with E-state index in [4.69, 9.17) is 4.74 Å². The molecule has 2 atom stereocenters. The number of carbonyl (C=O) groups is 1. The highest BCUT2D eigenvalue weighted by molar-refractivity contribution is 7.92. The number of rotatable bonds is 7. The minimum absolute atomic E-state index is 0.106. The first kappa shape index (κ1) is 21.2. The summed E-state index contributed by atoms with van der Waals surface area (Å²) in [5.74, 6) is 0.304. The minimum atomic E-state index is -3.32. The molecule has 0 fully saturated rings. The van der Waals surface area contributed by atoms with Crippen LogP contribution in [0.5, 0.6) is 5.75 Å². The van der Waals surface area contributed by atoms with E-state index in [-0.39, 0.29) is 11.9 Å². The number of amides is 1. The van der Waals surface area contributed by atoms with Crippen LogP contribution >= 0.6 is 0 Å². The van der Waals surface area contributed by atoms with Crippen molar-refractivity contribution in [1.29, 1.82) is 0 Å². The number of anilines is 1. The molecule has 0 saturated carbocycles. The van der Waals surface area contributed by atoms with Gasteiger partial charge in [-0.2, -0.15) is 0 Å². The highest BCUT2D eigenvalue weighted by Crippen LogP contribution is 2.26. The summed E-state index contributed by atoms with van der Waals surface area (Å²) >= 11 is 0. The number of hydrogen-bond acceptors (Lipinski definition) is 4. The van der Waals surface area contributed by atoms with Crippen LogP contribution < -0.4 is 14.4 Å². The molecule has 0 heterocycles. The van der Waals surface area contributed by atoms with Crippen molar-refractivity contribution in [3.05, 3.63) is 59.2 Å². The lowest BCUT2D eigenvalue weighted by molar-refractivity contribution is -0.127. The van der Waals surface area contributed by atoms with Crippen molar-refractivity contribution in [3.63, 3.8) is 0 Å². The van der Waals surface area contributed by atoms with E-state index >= 15 is 0 Å². The van der Waals surface area contributed by atoms with E-state index in [1.165, 1.54) is 28.9 Å². The fraction of sp³-hybridized carbons (Fsp3) is 0.409. The molecule has 156 valence electrons. The van der Waals surface area contributed by atoms with Gasteiger partial charge in [0.1, 0.15) is 5.75 Å². The number of aryl methyl sites for hydroxylation is 2. The number of fused-ring (bicyclic) bond motifs is 1. The van der Waals surface area contributed by atoms with Gasteiger partial charge in [0.2, 0.25) is 10.0 Å². The maximum atomic E-state index is 12.5. The molecule has 3 rings (SSSR count). The average molecular weight is 417 g/mol. The summed E-state index contributed by atoms with van der Waals surface area (Å²) in [4.78, 5) is 12.5. The predicted molar refractivity (Wildman–Crippen MR) is 115 cm³/mol. The second-order valence-corrected chi connectivity index (χ2v) is 9.61. The molecule has 0 bridgehead atoms. The van der Waals surface area contributed by atoms with Gasteiger partial charge in [0.15, 0.2) is 6.10 Å². The lowest BCUT2D eigenvalue weighted by Crippen LogP contribution is -2.37. The molecule has 0 saturated heterocycles. The van der Waals surface area contributed by atoms with Gasteiger partial charge in [0.25, 0.3) is 5.91 Å². The van der Waals surface area contributed by atoms with Gasteiger partial charge in [-0.05, 0) is 74.1 Å². The normalized spacial score (nSPS) is 15.3. The minimum Gasteiger partial charge on any atom is -0.481 e. The van der Waals surface area contributed by atoms with Crippen LogP contribution in [0.25, 0.3) is 0 Å². The van der Waals surface area contributed by atoms with Gasteiger partial charge in [-0.1, -0.05) is 18.2 Å². The van der Waals surface area contributed by atoms with Crippen LogP contribution in [0, 0.1) is 0 Å². The number of ether oxygens (including phenoxy) is 1. The average Bonchev–Trinajstić information content (AvgIpc) is 3.15. The first-order valence-electron chi connectivity index (χ1n) is 9.78. The Morgan fingerprint density at radius 1 is 1.07 bits per heavy atom. The number of carbonyl (C=O) groups excluding carboxylic acids is 1. The molecular formula is C22H28N2O4S. The van der Waals surface area contributed by atoms with E-state index < -0.39 is 16.1 Å².